The second-order valence-electron chi connectivity index (χ2n) is 7.90. The molecule has 4 rings (SSSR count). The summed E-state index contributed by atoms with van der Waals surface area (Å²) in [6, 6.07) is 17.8. The molecule has 0 radical (unpaired) electrons. The Morgan fingerprint density at radius 3 is 2.39 bits per heavy atom. The zero-order chi connectivity index (χ0) is 22.1. The summed E-state index contributed by atoms with van der Waals surface area (Å²) >= 11 is 1.57. The van der Waals surface area contributed by atoms with Crippen LogP contribution in [0.25, 0.3) is 22.0 Å². The molecule has 0 aliphatic rings. The number of thioether (sulfide) groups is 1. The number of fused-ring (bicyclic) bond motifs is 1. The molecule has 7 heteroatoms. The van der Waals surface area contributed by atoms with Gasteiger partial charge in [-0.25, -0.2) is 18.4 Å². The van der Waals surface area contributed by atoms with Crippen molar-refractivity contribution in [3.05, 3.63) is 84.3 Å². The molecule has 2 aromatic heterocycles. The van der Waals surface area contributed by atoms with E-state index in [0.717, 1.165) is 44.1 Å². The molecular formula is C24H23N3O2S2. The summed E-state index contributed by atoms with van der Waals surface area (Å²) in [6.07, 6.45) is 6.51. The molecule has 0 fully saturated rings. The van der Waals surface area contributed by atoms with E-state index in [9.17, 15) is 8.42 Å². The van der Waals surface area contributed by atoms with Crippen LogP contribution in [0.5, 0.6) is 0 Å². The summed E-state index contributed by atoms with van der Waals surface area (Å²) in [6.45, 7) is 3.49. The highest BCUT2D eigenvalue weighted by Gasteiger charge is 2.33. The minimum absolute atomic E-state index is 0.733. The summed E-state index contributed by atoms with van der Waals surface area (Å²) in [7, 11) is -3.31. The van der Waals surface area contributed by atoms with Crippen molar-refractivity contribution in [2.75, 3.05) is 6.26 Å². The van der Waals surface area contributed by atoms with Crippen molar-refractivity contribution in [2.24, 2.45) is 0 Å². The standard InChI is InChI=1S/C24H23N3O2S2/c1-24(2,31(3,28)29)20-14-19-9-5-10-25-22(19)21(15-20)18-8-4-7-17(13-18)16-30-23-26-11-6-12-27-23/h4-15H,16H2,1-3H3. The van der Waals surface area contributed by atoms with Gasteiger partial charge in [0.05, 0.1) is 10.3 Å². The highest BCUT2D eigenvalue weighted by molar-refractivity contribution is 7.98. The van der Waals surface area contributed by atoms with Gasteiger partial charge in [0.25, 0.3) is 0 Å². The Hall–Kier alpha value is -2.77. The van der Waals surface area contributed by atoms with Gasteiger partial charge >= 0.3 is 0 Å². The number of benzene rings is 2. The van der Waals surface area contributed by atoms with Gasteiger partial charge < -0.3 is 0 Å². The number of pyridine rings is 1. The first-order valence-electron chi connectivity index (χ1n) is 9.84. The van der Waals surface area contributed by atoms with Crippen molar-refractivity contribution in [2.45, 2.75) is 29.5 Å². The number of sulfone groups is 1. The Kier molecular flexibility index (Phi) is 5.81. The Bertz CT molecular complexity index is 1340. The van der Waals surface area contributed by atoms with Gasteiger partial charge in [0.1, 0.15) is 0 Å². The molecule has 4 aromatic rings. The smallest absolute Gasteiger partial charge is 0.187 e. The van der Waals surface area contributed by atoms with E-state index in [4.69, 9.17) is 0 Å². The molecule has 0 saturated heterocycles. The summed E-state index contributed by atoms with van der Waals surface area (Å²) in [4.78, 5) is 13.1. The highest BCUT2D eigenvalue weighted by Crippen LogP contribution is 2.36. The van der Waals surface area contributed by atoms with Gasteiger partial charge in [-0.15, -0.1) is 0 Å². The molecule has 2 aromatic carbocycles. The molecule has 0 N–H and O–H groups in total. The lowest BCUT2D eigenvalue weighted by Crippen LogP contribution is -2.28. The molecule has 158 valence electrons. The number of aromatic nitrogens is 3. The van der Waals surface area contributed by atoms with Crippen LogP contribution in [0.2, 0.25) is 0 Å². The number of rotatable bonds is 6. The van der Waals surface area contributed by atoms with Crippen LogP contribution in [-0.2, 0) is 20.3 Å². The van der Waals surface area contributed by atoms with E-state index in [1.165, 1.54) is 6.26 Å². The van der Waals surface area contributed by atoms with E-state index in [-0.39, 0.29) is 0 Å². The van der Waals surface area contributed by atoms with Crippen molar-refractivity contribution in [1.29, 1.82) is 0 Å². The van der Waals surface area contributed by atoms with Crippen molar-refractivity contribution < 1.29 is 8.42 Å². The molecule has 0 spiro atoms. The summed E-state index contributed by atoms with van der Waals surface area (Å²) in [5.74, 6) is 0.734. The molecule has 5 nitrogen and oxygen atoms in total. The number of hydrogen-bond donors (Lipinski definition) is 0. The Labute approximate surface area is 186 Å². The lowest BCUT2D eigenvalue weighted by atomic mass is 9.93. The van der Waals surface area contributed by atoms with Gasteiger partial charge in [-0.3, -0.25) is 4.98 Å². The van der Waals surface area contributed by atoms with Crippen LogP contribution in [0.3, 0.4) is 0 Å². The molecular weight excluding hydrogens is 426 g/mol. The zero-order valence-electron chi connectivity index (χ0n) is 17.6. The van der Waals surface area contributed by atoms with Gasteiger partial charge in [0, 0.05) is 41.5 Å². The molecule has 0 saturated carbocycles. The van der Waals surface area contributed by atoms with Crippen LogP contribution in [-0.4, -0.2) is 29.6 Å². The van der Waals surface area contributed by atoms with Gasteiger partial charge in [-0.2, -0.15) is 0 Å². The van der Waals surface area contributed by atoms with Crippen LogP contribution in [0.4, 0.5) is 0 Å². The first-order valence-corrected chi connectivity index (χ1v) is 12.7. The predicted molar refractivity (Wildman–Crippen MR) is 127 cm³/mol. The molecule has 2 heterocycles. The quantitative estimate of drug-likeness (QED) is 0.295. The Balaban J connectivity index is 1.79. The highest BCUT2D eigenvalue weighted by atomic mass is 32.2. The maximum Gasteiger partial charge on any atom is 0.187 e. The first kappa shape index (κ1) is 21.5. The van der Waals surface area contributed by atoms with E-state index < -0.39 is 14.6 Å². The minimum atomic E-state index is -3.31. The zero-order valence-corrected chi connectivity index (χ0v) is 19.2. The fraction of sp³-hybridized carbons (Fsp3) is 0.208. The monoisotopic (exact) mass is 449 g/mol. The predicted octanol–water partition coefficient (Wildman–Crippen LogP) is 5.26. The van der Waals surface area contributed by atoms with Crippen molar-refractivity contribution >= 4 is 32.5 Å². The fourth-order valence-corrected chi connectivity index (χ4v) is 4.60. The summed E-state index contributed by atoms with van der Waals surface area (Å²) in [5, 5.41) is 1.65. The fourth-order valence-electron chi connectivity index (χ4n) is 3.31. The Morgan fingerprint density at radius 1 is 0.903 bits per heavy atom. The van der Waals surface area contributed by atoms with E-state index in [2.05, 4.69) is 27.1 Å². The van der Waals surface area contributed by atoms with Gasteiger partial charge in [-0.1, -0.05) is 42.1 Å². The lowest BCUT2D eigenvalue weighted by molar-refractivity contribution is 0.561. The van der Waals surface area contributed by atoms with E-state index >= 15 is 0 Å². The van der Waals surface area contributed by atoms with Crippen molar-refractivity contribution in [3.8, 4) is 11.1 Å². The first-order chi connectivity index (χ1) is 14.8. The maximum absolute atomic E-state index is 12.5. The van der Waals surface area contributed by atoms with Crippen LogP contribution in [0.1, 0.15) is 25.0 Å². The third-order valence-electron chi connectivity index (χ3n) is 5.48. The summed E-state index contributed by atoms with van der Waals surface area (Å²) < 4.78 is 24.0. The SMILES string of the molecule is CC(C)(c1cc(-c2cccc(CSc3ncccn3)c2)c2ncccc2c1)S(C)(=O)=O. The molecule has 0 aliphatic carbocycles. The average Bonchev–Trinajstić information content (AvgIpc) is 2.77. The summed E-state index contributed by atoms with van der Waals surface area (Å²) in [5.41, 5.74) is 4.66. The lowest BCUT2D eigenvalue weighted by Gasteiger charge is -2.24. The van der Waals surface area contributed by atoms with Crippen molar-refractivity contribution in [3.63, 3.8) is 0 Å². The average molecular weight is 450 g/mol. The molecule has 0 unspecified atom stereocenters. The van der Waals surface area contributed by atoms with Gasteiger partial charge in [-0.05, 0) is 54.8 Å². The topological polar surface area (TPSA) is 72.8 Å². The van der Waals surface area contributed by atoms with Crippen LogP contribution in [0.15, 0.2) is 78.3 Å². The van der Waals surface area contributed by atoms with Gasteiger partial charge in [0.2, 0.25) is 0 Å². The molecule has 0 bridgehead atoms. The molecule has 0 aliphatic heterocycles. The second kappa shape index (κ2) is 8.40. The third kappa shape index (κ3) is 4.48. The van der Waals surface area contributed by atoms with E-state index in [0.29, 0.717) is 0 Å². The van der Waals surface area contributed by atoms with Crippen LogP contribution >= 0.6 is 11.8 Å². The largest absolute Gasteiger partial charge is 0.256 e. The molecule has 0 amide bonds. The number of nitrogens with zero attached hydrogens (tertiary/aromatic N) is 3. The van der Waals surface area contributed by atoms with E-state index in [1.807, 2.05) is 36.4 Å². The molecule has 0 atom stereocenters. The minimum Gasteiger partial charge on any atom is -0.256 e. The van der Waals surface area contributed by atoms with Gasteiger partial charge in [0.15, 0.2) is 15.0 Å². The number of hydrogen-bond acceptors (Lipinski definition) is 6. The normalized spacial score (nSPS) is 12.2. The molecule has 31 heavy (non-hydrogen) atoms. The third-order valence-corrected chi connectivity index (χ3v) is 8.51. The Morgan fingerprint density at radius 2 is 1.65 bits per heavy atom. The van der Waals surface area contributed by atoms with Crippen molar-refractivity contribution in [1.82, 2.24) is 15.0 Å². The van der Waals surface area contributed by atoms with E-state index in [1.54, 1.807) is 50.3 Å². The second-order valence-corrected chi connectivity index (χ2v) is 11.4. The van der Waals surface area contributed by atoms with Crippen LogP contribution in [0, 0.1) is 0 Å². The maximum atomic E-state index is 12.5. The van der Waals surface area contributed by atoms with Crippen LogP contribution < -0.4 is 0 Å².